The van der Waals surface area contributed by atoms with Crippen molar-refractivity contribution >= 4 is 33.9 Å². The minimum absolute atomic E-state index is 0.375. The van der Waals surface area contributed by atoms with Crippen molar-refractivity contribution in [1.82, 2.24) is 4.90 Å². The Bertz CT molecular complexity index is 764. The molecule has 0 unspecified atom stereocenters. The highest BCUT2D eigenvalue weighted by Gasteiger charge is 2.38. The van der Waals surface area contributed by atoms with Crippen molar-refractivity contribution in [3.05, 3.63) is 34.3 Å². The van der Waals surface area contributed by atoms with Crippen molar-refractivity contribution in [3.63, 3.8) is 0 Å². The Morgan fingerprint density at radius 2 is 2.04 bits per heavy atom. The van der Waals surface area contributed by atoms with E-state index in [9.17, 15) is 14.9 Å². The monoisotopic (exact) mass is 434 g/mol. The molecule has 0 aromatic heterocycles. The van der Waals surface area contributed by atoms with E-state index >= 15 is 0 Å². The van der Waals surface area contributed by atoms with Crippen LogP contribution in [0.15, 0.2) is 28.7 Å². The summed E-state index contributed by atoms with van der Waals surface area (Å²) in [6.07, 6.45) is 7.04. The van der Waals surface area contributed by atoms with Gasteiger partial charge in [-0.2, -0.15) is 5.26 Å². The minimum Gasteiger partial charge on any atom is -0.496 e. The van der Waals surface area contributed by atoms with E-state index in [2.05, 4.69) is 22.0 Å². The molecule has 0 heterocycles. The maximum atomic E-state index is 12.4. The lowest BCUT2D eigenvalue weighted by atomic mass is 9.81. The van der Waals surface area contributed by atoms with Crippen LogP contribution in [0.1, 0.15) is 37.7 Å². The van der Waals surface area contributed by atoms with E-state index in [1.807, 2.05) is 6.07 Å². The standard InChI is InChI=1S/C20H23BrN2O4/c1-23(20(14-22)10-4-3-5-11-20)18(24)13-27-19(25)9-6-15-12-16(21)7-8-17(15)26-2/h6-9,12H,3-5,10-11,13H2,1-2H3/b9-6+. The fourth-order valence-electron chi connectivity index (χ4n) is 3.17. The lowest BCUT2D eigenvalue weighted by Crippen LogP contribution is -2.51. The van der Waals surface area contributed by atoms with E-state index in [1.165, 1.54) is 11.0 Å². The molecule has 1 amide bonds. The van der Waals surface area contributed by atoms with E-state index in [1.54, 1.807) is 32.4 Å². The summed E-state index contributed by atoms with van der Waals surface area (Å²) >= 11 is 3.37. The van der Waals surface area contributed by atoms with Gasteiger partial charge in [0.2, 0.25) is 0 Å². The topological polar surface area (TPSA) is 79.6 Å². The van der Waals surface area contributed by atoms with Crippen molar-refractivity contribution in [3.8, 4) is 11.8 Å². The van der Waals surface area contributed by atoms with E-state index in [0.29, 0.717) is 24.2 Å². The SMILES string of the molecule is COc1ccc(Br)cc1/C=C/C(=O)OCC(=O)N(C)C1(C#N)CCCCC1. The molecule has 2 rings (SSSR count). The van der Waals surface area contributed by atoms with Crippen molar-refractivity contribution in [2.45, 2.75) is 37.6 Å². The highest BCUT2D eigenvalue weighted by molar-refractivity contribution is 9.10. The summed E-state index contributed by atoms with van der Waals surface area (Å²) in [6, 6.07) is 7.70. The molecule has 1 aromatic carbocycles. The number of likely N-dealkylation sites (N-methyl/N-ethyl adjacent to an activating group) is 1. The summed E-state index contributed by atoms with van der Waals surface area (Å²) in [7, 11) is 3.15. The third-order valence-corrected chi connectivity index (χ3v) is 5.33. The van der Waals surface area contributed by atoms with Crippen LogP contribution in [0.3, 0.4) is 0 Å². The number of carbonyl (C=O) groups excluding carboxylic acids is 2. The molecule has 1 aromatic rings. The highest BCUT2D eigenvalue weighted by atomic mass is 79.9. The summed E-state index contributed by atoms with van der Waals surface area (Å²) < 4.78 is 11.1. The third-order valence-electron chi connectivity index (χ3n) is 4.83. The van der Waals surface area contributed by atoms with Gasteiger partial charge in [0.15, 0.2) is 6.61 Å². The Labute approximate surface area is 167 Å². The van der Waals surface area contributed by atoms with Gasteiger partial charge in [-0.3, -0.25) is 4.79 Å². The smallest absolute Gasteiger partial charge is 0.331 e. The number of halogens is 1. The van der Waals surface area contributed by atoms with Gasteiger partial charge in [-0.05, 0) is 37.1 Å². The third kappa shape index (κ3) is 5.33. The number of esters is 1. The number of methoxy groups -OCH3 is 1. The number of nitrogens with zero attached hydrogens (tertiary/aromatic N) is 2. The molecule has 6 nitrogen and oxygen atoms in total. The number of benzene rings is 1. The Kier molecular flexibility index (Phi) is 7.43. The van der Waals surface area contributed by atoms with Gasteiger partial charge in [0, 0.05) is 23.2 Å². The number of carbonyl (C=O) groups is 2. The van der Waals surface area contributed by atoms with Gasteiger partial charge >= 0.3 is 5.97 Å². The second-order valence-electron chi connectivity index (χ2n) is 6.48. The maximum absolute atomic E-state index is 12.4. The van der Waals surface area contributed by atoms with E-state index < -0.39 is 18.1 Å². The largest absolute Gasteiger partial charge is 0.496 e. The highest BCUT2D eigenvalue weighted by Crippen LogP contribution is 2.32. The summed E-state index contributed by atoms with van der Waals surface area (Å²) in [5, 5.41) is 9.54. The summed E-state index contributed by atoms with van der Waals surface area (Å²) in [6.45, 7) is -0.390. The summed E-state index contributed by atoms with van der Waals surface area (Å²) in [5.41, 5.74) is -0.0840. The van der Waals surface area contributed by atoms with Crippen LogP contribution in [0.5, 0.6) is 5.75 Å². The maximum Gasteiger partial charge on any atom is 0.331 e. The lowest BCUT2D eigenvalue weighted by Gasteiger charge is -2.38. The van der Waals surface area contributed by atoms with Gasteiger partial charge < -0.3 is 14.4 Å². The summed E-state index contributed by atoms with van der Waals surface area (Å²) in [5.74, 6) is -0.389. The first-order valence-corrected chi connectivity index (χ1v) is 9.57. The van der Waals surface area contributed by atoms with E-state index in [-0.39, 0.29) is 5.91 Å². The first kappa shape index (κ1) is 21.0. The zero-order valence-electron chi connectivity index (χ0n) is 15.5. The van der Waals surface area contributed by atoms with Crippen LogP contribution >= 0.6 is 15.9 Å². The fraction of sp³-hybridized carbons (Fsp3) is 0.450. The Hall–Kier alpha value is -2.33. The molecule has 1 saturated carbocycles. The van der Waals surface area contributed by atoms with E-state index in [0.717, 1.165) is 23.7 Å². The molecule has 1 aliphatic rings. The number of amides is 1. The molecule has 0 saturated heterocycles. The van der Waals surface area contributed by atoms with Crippen LogP contribution in [0.2, 0.25) is 0 Å². The molecule has 1 aliphatic carbocycles. The van der Waals surface area contributed by atoms with Gasteiger partial charge in [-0.25, -0.2) is 4.79 Å². The van der Waals surface area contributed by atoms with Gasteiger partial charge in [-0.1, -0.05) is 35.2 Å². The normalized spacial score (nSPS) is 15.8. The molecule has 0 atom stereocenters. The number of ether oxygens (including phenoxy) is 2. The molecule has 0 N–H and O–H groups in total. The zero-order chi connectivity index (χ0) is 19.9. The second kappa shape index (κ2) is 9.56. The minimum atomic E-state index is -0.790. The van der Waals surface area contributed by atoms with Crippen LogP contribution in [0, 0.1) is 11.3 Å². The van der Waals surface area contributed by atoms with Crippen molar-refractivity contribution < 1.29 is 19.1 Å². The predicted octanol–water partition coefficient (Wildman–Crippen LogP) is 3.70. The van der Waals surface area contributed by atoms with Crippen molar-refractivity contribution in [1.29, 1.82) is 5.26 Å². The number of nitriles is 1. The first-order valence-electron chi connectivity index (χ1n) is 8.78. The number of rotatable bonds is 6. The van der Waals surface area contributed by atoms with Crippen molar-refractivity contribution in [2.24, 2.45) is 0 Å². The molecule has 144 valence electrons. The van der Waals surface area contributed by atoms with Crippen LogP contribution in [0.4, 0.5) is 0 Å². The predicted molar refractivity (Wildman–Crippen MR) is 105 cm³/mol. The molecule has 7 heteroatoms. The number of hydrogen-bond donors (Lipinski definition) is 0. The number of hydrogen-bond acceptors (Lipinski definition) is 5. The average Bonchev–Trinajstić information content (AvgIpc) is 2.70. The van der Waals surface area contributed by atoms with Gasteiger partial charge in [0.05, 0.1) is 13.2 Å². The first-order chi connectivity index (χ1) is 12.9. The van der Waals surface area contributed by atoms with Gasteiger partial charge in [0.1, 0.15) is 11.3 Å². The zero-order valence-corrected chi connectivity index (χ0v) is 17.1. The molecule has 1 fully saturated rings. The van der Waals surface area contributed by atoms with Gasteiger partial charge in [-0.15, -0.1) is 0 Å². The van der Waals surface area contributed by atoms with Crippen LogP contribution in [-0.2, 0) is 14.3 Å². The van der Waals surface area contributed by atoms with Gasteiger partial charge in [0.25, 0.3) is 5.91 Å². The van der Waals surface area contributed by atoms with Crippen LogP contribution in [0.25, 0.3) is 6.08 Å². The Balaban J connectivity index is 1.94. The Morgan fingerprint density at radius 3 is 2.67 bits per heavy atom. The van der Waals surface area contributed by atoms with E-state index in [4.69, 9.17) is 9.47 Å². The average molecular weight is 435 g/mol. The molecule has 0 bridgehead atoms. The summed E-state index contributed by atoms with van der Waals surface area (Å²) in [4.78, 5) is 25.8. The van der Waals surface area contributed by atoms with Crippen molar-refractivity contribution in [2.75, 3.05) is 20.8 Å². The molecular formula is C20H23BrN2O4. The Morgan fingerprint density at radius 1 is 1.33 bits per heavy atom. The molecule has 27 heavy (non-hydrogen) atoms. The van der Waals surface area contributed by atoms with Crippen LogP contribution in [-0.4, -0.2) is 43.1 Å². The molecule has 0 radical (unpaired) electrons. The molecular weight excluding hydrogens is 412 g/mol. The van der Waals surface area contributed by atoms with Crippen LogP contribution < -0.4 is 4.74 Å². The molecule has 0 aliphatic heterocycles. The second-order valence-corrected chi connectivity index (χ2v) is 7.40. The quantitative estimate of drug-likeness (QED) is 0.503. The fourth-order valence-corrected chi connectivity index (χ4v) is 3.55. The lowest BCUT2D eigenvalue weighted by molar-refractivity contribution is -0.150. The molecule has 0 spiro atoms.